The number of fused-ring (bicyclic) bond motifs is 2. The van der Waals surface area contributed by atoms with Crippen molar-refractivity contribution in [3.05, 3.63) is 12.7 Å². The van der Waals surface area contributed by atoms with Crippen LogP contribution in [0.2, 0.25) is 0 Å². The Balaban J connectivity index is 1.37. The van der Waals surface area contributed by atoms with Gasteiger partial charge in [-0.15, -0.1) is 0 Å². The Bertz CT molecular complexity index is 1080. The number of hydrogen-bond donors (Lipinski definition) is 2. The molecule has 0 saturated carbocycles. The van der Waals surface area contributed by atoms with Crippen LogP contribution in [0.3, 0.4) is 0 Å². The van der Waals surface area contributed by atoms with E-state index in [0.717, 1.165) is 12.8 Å². The van der Waals surface area contributed by atoms with Crippen molar-refractivity contribution in [1.29, 1.82) is 0 Å². The summed E-state index contributed by atoms with van der Waals surface area (Å²) in [5, 5.41) is 6.10. The van der Waals surface area contributed by atoms with Crippen LogP contribution in [-0.4, -0.2) is 75.0 Å². The number of alkyl carbamates (subject to hydrolysis) is 1. The Labute approximate surface area is 222 Å². The molecule has 0 aliphatic carbocycles. The summed E-state index contributed by atoms with van der Waals surface area (Å²) in [5.41, 5.74) is 0.778. The minimum absolute atomic E-state index is 0.267. The highest BCUT2D eigenvalue weighted by Gasteiger charge is 2.56. The van der Waals surface area contributed by atoms with Gasteiger partial charge in [0.2, 0.25) is 0 Å². The first-order valence-electron chi connectivity index (χ1n) is 12.3. The van der Waals surface area contributed by atoms with Gasteiger partial charge in [-0.05, 0) is 47.5 Å². The predicted octanol–water partition coefficient (Wildman–Crippen LogP) is 3.95. The number of imidazole rings is 1. The van der Waals surface area contributed by atoms with Crippen molar-refractivity contribution in [2.45, 2.75) is 83.4 Å². The number of carbonyl (C=O) groups excluding carboxylic acids is 1. The van der Waals surface area contributed by atoms with Crippen molar-refractivity contribution in [3.63, 3.8) is 0 Å². The number of aromatic nitrogens is 4. The molecule has 2 fully saturated rings. The molecule has 0 bridgehead atoms. The topological polar surface area (TPSA) is 131 Å². The highest BCUT2D eigenvalue weighted by Crippen LogP contribution is 2.54. The monoisotopic (exact) mass is 574 g/mol. The molecule has 2 aliphatic rings. The zero-order chi connectivity index (χ0) is 26.8. The van der Waals surface area contributed by atoms with Crippen LogP contribution in [0.4, 0.5) is 10.6 Å². The van der Waals surface area contributed by atoms with E-state index in [1.165, 1.54) is 6.33 Å². The SMILES string of the molecule is CC(C)(C)OC(=O)NCCCCNc1ncnc2c1ncn2C1OC(COP(P)P)C2OC(C)(C)OC21. The first kappa shape index (κ1) is 28.8. The summed E-state index contributed by atoms with van der Waals surface area (Å²) in [6.07, 6.45) is 3.07. The lowest BCUT2D eigenvalue weighted by Crippen LogP contribution is -2.33. The number of anilines is 1. The molecule has 2 saturated heterocycles. The lowest BCUT2D eigenvalue weighted by atomic mass is 10.1. The van der Waals surface area contributed by atoms with Crippen LogP contribution >= 0.6 is 25.4 Å². The van der Waals surface area contributed by atoms with E-state index < -0.39 is 31.2 Å². The number of ether oxygens (including phenoxy) is 4. The van der Waals surface area contributed by atoms with Crippen molar-refractivity contribution < 1.29 is 28.3 Å². The summed E-state index contributed by atoms with van der Waals surface area (Å²) >= 11 is 0. The first-order valence-corrected chi connectivity index (χ1v) is 16.7. The highest BCUT2D eigenvalue weighted by atomic mass is 32.4. The second-order valence-corrected chi connectivity index (χ2v) is 16.2. The van der Waals surface area contributed by atoms with E-state index in [2.05, 4.69) is 43.4 Å². The van der Waals surface area contributed by atoms with E-state index in [1.807, 2.05) is 39.2 Å². The number of nitrogens with zero attached hydrogens (tertiary/aromatic N) is 4. The second kappa shape index (κ2) is 11.9. The van der Waals surface area contributed by atoms with E-state index in [-0.39, 0.29) is 18.3 Å². The molecule has 4 heterocycles. The minimum atomic E-state index is -0.724. The minimum Gasteiger partial charge on any atom is -0.444 e. The van der Waals surface area contributed by atoms with Crippen molar-refractivity contribution in [3.8, 4) is 0 Å². The highest BCUT2D eigenvalue weighted by molar-refractivity contribution is 8.41. The van der Waals surface area contributed by atoms with Gasteiger partial charge < -0.3 is 34.1 Å². The Morgan fingerprint density at radius 1 is 1.16 bits per heavy atom. The summed E-state index contributed by atoms with van der Waals surface area (Å²) in [6.45, 7) is 10.9. The maximum Gasteiger partial charge on any atom is 0.407 e. The molecule has 2 aliphatic heterocycles. The maximum atomic E-state index is 11.8. The van der Waals surface area contributed by atoms with Crippen molar-refractivity contribution >= 4 is 48.5 Å². The smallest absolute Gasteiger partial charge is 0.407 e. The lowest BCUT2D eigenvalue weighted by molar-refractivity contribution is -0.198. The average molecular weight is 574 g/mol. The first-order chi connectivity index (χ1) is 17.4. The number of rotatable bonds is 10. The number of hydrogen-bond acceptors (Lipinski definition) is 10. The van der Waals surface area contributed by atoms with Gasteiger partial charge >= 0.3 is 6.09 Å². The zero-order valence-electron chi connectivity index (χ0n) is 21.8. The normalized spacial score (nSPS) is 25.0. The molecule has 0 aromatic carbocycles. The van der Waals surface area contributed by atoms with Gasteiger partial charge in [0.05, 0.1) is 20.5 Å². The molecule has 4 rings (SSSR count). The zero-order valence-corrected chi connectivity index (χ0v) is 25.0. The van der Waals surface area contributed by atoms with E-state index in [4.69, 9.17) is 23.5 Å². The fourth-order valence-electron chi connectivity index (χ4n) is 4.31. The standard InChI is InChI=1S/C22H37N6O6P3/c1-21(2,3)34-20(29)24-9-7-6-8-23-17-14-18(26-11-25-17)28(12-27-14)19-16-15(32-22(4,5)33-16)13(31-19)10-30-37(35)36/h11-13,15-16,19H,6-10,35-36H2,1-5H3,(H,24,29)(H,23,25,26). The van der Waals surface area contributed by atoms with Crippen LogP contribution in [-0.2, 0) is 23.5 Å². The van der Waals surface area contributed by atoms with Gasteiger partial charge in [-0.25, -0.2) is 19.7 Å². The molecule has 6 unspecified atom stereocenters. The molecular formula is C22H37N6O6P3. The molecule has 2 N–H and O–H groups in total. The Hall–Kier alpha value is -1.25. The van der Waals surface area contributed by atoms with Crippen LogP contribution in [0.1, 0.15) is 53.7 Å². The fraction of sp³-hybridized carbons (Fsp3) is 0.727. The lowest BCUT2D eigenvalue weighted by Gasteiger charge is -2.25. The van der Waals surface area contributed by atoms with E-state index in [1.54, 1.807) is 6.33 Å². The van der Waals surface area contributed by atoms with Crippen molar-refractivity contribution in [2.24, 2.45) is 0 Å². The van der Waals surface area contributed by atoms with E-state index in [0.29, 0.717) is 36.7 Å². The quantitative estimate of drug-likeness (QED) is 0.318. The third kappa shape index (κ3) is 7.45. The second-order valence-electron chi connectivity index (χ2n) is 10.4. The Morgan fingerprint density at radius 2 is 1.89 bits per heavy atom. The van der Waals surface area contributed by atoms with Gasteiger partial charge in [-0.3, -0.25) is 4.57 Å². The third-order valence-corrected chi connectivity index (χ3v) is 7.05. The number of amides is 1. The number of carbonyl (C=O) groups is 1. The Morgan fingerprint density at radius 3 is 2.62 bits per heavy atom. The summed E-state index contributed by atoms with van der Waals surface area (Å²) < 4.78 is 31.7. The van der Waals surface area contributed by atoms with E-state index >= 15 is 0 Å². The van der Waals surface area contributed by atoms with E-state index in [9.17, 15) is 4.79 Å². The van der Waals surface area contributed by atoms with Crippen LogP contribution in [0.15, 0.2) is 12.7 Å². The molecule has 0 radical (unpaired) electrons. The third-order valence-electron chi connectivity index (χ3n) is 5.71. The van der Waals surface area contributed by atoms with Gasteiger partial charge in [-0.2, -0.15) is 0 Å². The summed E-state index contributed by atoms with van der Waals surface area (Å²) in [5.74, 6) is -0.0857. The molecule has 0 spiro atoms. The maximum absolute atomic E-state index is 11.8. The number of unbranched alkanes of at least 4 members (excludes halogenated alkanes) is 1. The molecule has 6 atom stereocenters. The summed E-state index contributed by atoms with van der Waals surface area (Å²) in [6, 6.07) is 0. The molecule has 2 aromatic rings. The molecule has 2 aromatic heterocycles. The van der Waals surface area contributed by atoms with Gasteiger partial charge in [0, 0.05) is 13.1 Å². The van der Waals surface area contributed by atoms with Crippen LogP contribution in [0.25, 0.3) is 11.2 Å². The van der Waals surface area contributed by atoms with Gasteiger partial charge in [0.1, 0.15) is 30.2 Å². The van der Waals surface area contributed by atoms with Crippen molar-refractivity contribution in [2.75, 3.05) is 25.0 Å². The molecular weight excluding hydrogens is 537 g/mol. The number of nitrogens with one attached hydrogen (secondary N) is 2. The van der Waals surface area contributed by atoms with Gasteiger partial charge in [-0.1, -0.05) is 17.9 Å². The molecule has 206 valence electrons. The fourth-order valence-corrected chi connectivity index (χ4v) is 5.14. The van der Waals surface area contributed by atoms with Crippen LogP contribution in [0, 0.1) is 0 Å². The van der Waals surface area contributed by atoms with Crippen molar-refractivity contribution in [1.82, 2.24) is 24.8 Å². The van der Waals surface area contributed by atoms with Crippen LogP contribution in [0.5, 0.6) is 0 Å². The predicted molar refractivity (Wildman–Crippen MR) is 147 cm³/mol. The van der Waals surface area contributed by atoms with Gasteiger partial charge in [0.25, 0.3) is 0 Å². The summed E-state index contributed by atoms with van der Waals surface area (Å²) in [4.78, 5) is 25.2. The molecule has 12 nitrogen and oxygen atoms in total. The summed E-state index contributed by atoms with van der Waals surface area (Å²) in [7, 11) is 4.61. The largest absolute Gasteiger partial charge is 0.444 e. The molecule has 37 heavy (non-hydrogen) atoms. The van der Waals surface area contributed by atoms with Gasteiger partial charge in [0.15, 0.2) is 29.0 Å². The molecule has 15 heteroatoms. The van der Waals surface area contributed by atoms with Crippen LogP contribution < -0.4 is 10.6 Å². The molecule has 1 amide bonds. The Kier molecular flexibility index (Phi) is 9.22. The average Bonchev–Trinajstić information content (AvgIpc) is 3.44.